The Kier molecular flexibility index (Phi) is 7.04. The molecule has 2 aliphatic rings. The van der Waals surface area contributed by atoms with E-state index >= 15 is 0 Å². The zero-order valence-corrected chi connectivity index (χ0v) is 16.2. The van der Waals surface area contributed by atoms with Crippen molar-refractivity contribution in [1.82, 2.24) is 5.32 Å². The molecule has 0 aromatic heterocycles. The Morgan fingerprint density at radius 1 is 1.22 bits per heavy atom. The van der Waals surface area contributed by atoms with E-state index in [0.29, 0.717) is 5.92 Å². The number of carbonyl (C=O) groups excluding carboxylic acids is 2. The van der Waals surface area contributed by atoms with Crippen LogP contribution in [-0.2, 0) is 14.3 Å². The molecule has 0 spiro atoms. The van der Waals surface area contributed by atoms with Gasteiger partial charge in [0.15, 0.2) is 0 Å². The quantitative estimate of drug-likeness (QED) is 0.616. The molecule has 1 N–H and O–H groups in total. The number of esters is 1. The summed E-state index contributed by atoms with van der Waals surface area (Å²) in [6, 6.07) is 7.87. The van der Waals surface area contributed by atoms with E-state index < -0.39 is 0 Å². The lowest BCUT2D eigenvalue weighted by atomic mass is 9.88. The summed E-state index contributed by atoms with van der Waals surface area (Å²) in [4.78, 5) is 26.7. The van der Waals surface area contributed by atoms with Gasteiger partial charge in [0.1, 0.15) is 0 Å². The van der Waals surface area contributed by atoms with Crippen LogP contribution in [0.15, 0.2) is 30.3 Å². The highest BCUT2D eigenvalue weighted by atomic mass is 16.5. The van der Waals surface area contributed by atoms with Gasteiger partial charge in [0.25, 0.3) is 0 Å². The molecule has 1 aliphatic carbocycles. The third-order valence-corrected chi connectivity index (χ3v) is 5.62. The van der Waals surface area contributed by atoms with Gasteiger partial charge in [-0.15, -0.1) is 0 Å². The van der Waals surface area contributed by atoms with Crippen LogP contribution >= 0.6 is 0 Å². The van der Waals surface area contributed by atoms with Crippen molar-refractivity contribution in [1.29, 1.82) is 0 Å². The van der Waals surface area contributed by atoms with Crippen molar-refractivity contribution in [2.45, 2.75) is 38.5 Å². The zero-order valence-electron chi connectivity index (χ0n) is 16.2. The summed E-state index contributed by atoms with van der Waals surface area (Å²) in [7, 11) is 1.36. The van der Waals surface area contributed by atoms with E-state index in [1.165, 1.54) is 19.6 Å². The van der Waals surface area contributed by atoms with E-state index in [2.05, 4.69) is 10.1 Å². The molecule has 0 bridgehead atoms. The van der Waals surface area contributed by atoms with Gasteiger partial charge in [-0.2, -0.15) is 0 Å². The number of anilines is 1. The van der Waals surface area contributed by atoms with Crippen LogP contribution in [0.1, 0.15) is 44.1 Å². The first-order valence-corrected chi connectivity index (χ1v) is 10.1. The predicted molar refractivity (Wildman–Crippen MR) is 107 cm³/mol. The SMILES string of the molecule is COC(=O)/C=C/c1cccc(N(C[C@@H]2CCNC2)C(=O)C2CCCCC2)c1. The van der Waals surface area contributed by atoms with Crippen molar-refractivity contribution in [2.75, 3.05) is 31.6 Å². The molecule has 1 amide bonds. The maximum atomic E-state index is 13.3. The Labute approximate surface area is 161 Å². The van der Waals surface area contributed by atoms with Crippen LogP contribution in [0.2, 0.25) is 0 Å². The van der Waals surface area contributed by atoms with Gasteiger partial charge in [0, 0.05) is 24.2 Å². The van der Waals surface area contributed by atoms with Crippen LogP contribution in [0, 0.1) is 11.8 Å². The molecule has 0 radical (unpaired) electrons. The van der Waals surface area contributed by atoms with Gasteiger partial charge >= 0.3 is 5.97 Å². The van der Waals surface area contributed by atoms with Crippen molar-refractivity contribution in [3.8, 4) is 0 Å². The molecule has 0 unspecified atom stereocenters. The molecule has 27 heavy (non-hydrogen) atoms. The highest BCUT2D eigenvalue weighted by Gasteiger charge is 2.29. The van der Waals surface area contributed by atoms with Gasteiger partial charge in [-0.25, -0.2) is 4.79 Å². The molecule has 1 aromatic carbocycles. The Morgan fingerprint density at radius 3 is 2.74 bits per heavy atom. The molecule has 1 saturated heterocycles. The molecule has 1 aromatic rings. The van der Waals surface area contributed by atoms with Crippen molar-refractivity contribution >= 4 is 23.6 Å². The highest BCUT2D eigenvalue weighted by molar-refractivity contribution is 5.95. The average Bonchev–Trinajstić information content (AvgIpc) is 3.24. The minimum Gasteiger partial charge on any atom is -0.466 e. The van der Waals surface area contributed by atoms with Gasteiger partial charge < -0.3 is 15.0 Å². The molecule has 1 heterocycles. The van der Waals surface area contributed by atoms with Crippen LogP contribution in [0.3, 0.4) is 0 Å². The van der Waals surface area contributed by atoms with Gasteiger partial charge in [-0.3, -0.25) is 4.79 Å². The number of hydrogen-bond donors (Lipinski definition) is 1. The molecular formula is C22H30N2O3. The number of ether oxygens (including phenoxy) is 1. The number of carbonyl (C=O) groups is 2. The minimum atomic E-state index is -0.382. The molecule has 1 aliphatic heterocycles. The van der Waals surface area contributed by atoms with E-state index in [9.17, 15) is 9.59 Å². The number of nitrogens with one attached hydrogen (secondary N) is 1. The van der Waals surface area contributed by atoms with Crippen molar-refractivity contribution in [3.05, 3.63) is 35.9 Å². The molecule has 3 rings (SSSR count). The summed E-state index contributed by atoms with van der Waals surface area (Å²) in [6.07, 6.45) is 9.79. The van der Waals surface area contributed by atoms with Gasteiger partial charge in [0.2, 0.25) is 5.91 Å². The Hall–Kier alpha value is -2.14. The lowest BCUT2D eigenvalue weighted by molar-refractivity contribution is -0.134. The summed E-state index contributed by atoms with van der Waals surface area (Å²) in [5, 5.41) is 3.40. The lowest BCUT2D eigenvalue weighted by Crippen LogP contribution is -2.40. The fourth-order valence-corrected chi connectivity index (χ4v) is 4.05. The summed E-state index contributed by atoms with van der Waals surface area (Å²) >= 11 is 0. The van der Waals surface area contributed by atoms with Gasteiger partial charge in [0.05, 0.1) is 7.11 Å². The number of methoxy groups -OCH3 is 1. The number of amides is 1. The van der Waals surface area contributed by atoms with Crippen LogP contribution < -0.4 is 10.2 Å². The molecule has 2 fully saturated rings. The van der Waals surface area contributed by atoms with Crippen LogP contribution in [-0.4, -0.2) is 38.6 Å². The topological polar surface area (TPSA) is 58.6 Å². The van der Waals surface area contributed by atoms with Crippen LogP contribution in [0.25, 0.3) is 6.08 Å². The van der Waals surface area contributed by atoms with E-state index in [1.807, 2.05) is 29.2 Å². The Balaban J connectivity index is 1.81. The van der Waals surface area contributed by atoms with Crippen molar-refractivity contribution in [3.63, 3.8) is 0 Å². The van der Waals surface area contributed by atoms with Gasteiger partial charge in [-0.1, -0.05) is 31.4 Å². The fraction of sp³-hybridized carbons (Fsp3) is 0.545. The van der Waals surface area contributed by atoms with Crippen LogP contribution in [0.4, 0.5) is 5.69 Å². The second kappa shape index (κ2) is 9.70. The third-order valence-electron chi connectivity index (χ3n) is 5.62. The number of nitrogens with zero attached hydrogens (tertiary/aromatic N) is 1. The fourth-order valence-electron chi connectivity index (χ4n) is 4.05. The average molecular weight is 370 g/mol. The first-order chi connectivity index (χ1) is 13.2. The van der Waals surface area contributed by atoms with Crippen LogP contribution in [0.5, 0.6) is 0 Å². The Morgan fingerprint density at radius 2 is 2.04 bits per heavy atom. The molecule has 1 atom stereocenters. The zero-order chi connectivity index (χ0) is 19.1. The molecule has 146 valence electrons. The van der Waals surface area contributed by atoms with E-state index in [1.54, 1.807) is 6.08 Å². The smallest absolute Gasteiger partial charge is 0.330 e. The molecular weight excluding hydrogens is 340 g/mol. The minimum absolute atomic E-state index is 0.141. The highest BCUT2D eigenvalue weighted by Crippen LogP contribution is 2.29. The normalized spacial score (nSPS) is 20.7. The standard InChI is InChI=1S/C22H30N2O3/c1-27-21(25)11-10-17-6-5-9-20(14-17)24(16-18-12-13-23-15-18)22(26)19-7-3-2-4-8-19/h5-6,9-11,14,18-19,23H,2-4,7-8,12-13,15-16H2,1H3/b11-10+/t18-/m1/s1. The first kappa shape index (κ1) is 19.6. The summed E-state index contributed by atoms with van der Waals surface area (Å²) in [5.74, 6) is 0.512. The van der Waals surface area contributed by atoms with E-state index in [0.717, 1.165) is 63.0 Å². The largest absolute Gasteiger partial charge is 0.466 e. The van der Waals surface area contributed by atoms with E-state index in [-0.39, 0.29) is 17.8 Å². The maximum absolute atomic E-state index is 13.3. The number of benzene rings is 1. The third kappa shape index (κ3) is 5.42. The van der Waals surface area contributed by atoms with Crippen molar-refractivity contribution in [2.24, 2.45) is 11.8 Å². The molecule has 5 nitrogen and oxygen atoms in total. The molecule has 1 saturated carbocycles. The summed E-state index contributed by atoms with van der Waals surface area (Å²) in [5.41, 5.74) is 1.81. The lowest BCUT2D eigenvalue weighted by Gasteiger charge is -2.31. The predicted octanol–water partition coefficient (Wildman–Crippen LogP) is 3.40. The molecule has 5 heteroatoms. The van der Waals surface area contributed by atoms with Gasteiger partial charge in [-0.05, 0) is 62.0 Å². The monoisotopic (exact) mass is 370 g/mol. The second-order valence-corrected chi connectivity index (χ2v) is 7.59. The first-order valence-electron chi connectivity index (χ1n) is 10.1. The Bertz CT molecular complexity index is 674. The summed E-state index contributed by atoms with van der Waals surface area (Å²) < 4.78 is 4.66. The van der Waals surface area contributed by atoms with E-state index in [4.69, 9.17) is 0 Å². The number of rotatable bonds is 6. The number of hydrogen-bond acceptors (Lipinski definition) is 4. The second-order valence-electron chi connectivity index (χ2n) is 7.59. The van der Waals surface area contributed by atoms with Crippen molar-refractivity contribution < 1.29 is 14.3 Å². The summed E-state index contributed by atoms with van der Waals surface area (Å²) in [6.45, 7) is 2.75. The maximum Gasteiger partial charge on any atom is 0.330 e.